The minimum absolute atomic E-state index is 0.250. The summed E-state index contributed by atoms with van der Waals surface area (Å²) in [5, 5.41) is 0. The minimum atomic E-state index is 0.250. The van der Waals surface area contributed by atoms with Crippen molar-refractivity contribution in [2.75, 3.05) is 6.61 Å². The SMILES string of the molecule is [CH2]C(CC)COC=O. The van der Waals surface area contributed by atoms with Crippen LogP contribution in [0.5, 0.6) is 0 Å². The van der Waals surface area contributed by atoms with Crippen LogP contribution < -0.4 is 0 Å². The molecule has 8 heavy (non-hydrogen) atoms. The van der Waals surface area contributed by atoms with Gasteiger partial charge in [-0.3, -0.25) is 4.79 Å². The molecule has 1 radical (unpaired) electrons. The number of rotatable bonds is 4. The maximum atomic E-state index is 9.58. The molecule has 1 unspecified atom stereocenters. The van der Waals surface area contributed by atoms with Gasteiger partial charge in [0, 0.05) is 0 Å². The first-order chi connectivity index (χ1) is 3.81. The number of hydrogen-bond donors (Lipinski definition) is 0. The molecule has 0 aliphatic heterocycles. The molecule has 0 rings (SSSR count). The van der Waals surface area contributed by atoms with Gasteiger partial charge in [-0.2, -0.15) is 0 Å². The monoisotopic (exact) mass is 115 g/mol. The van der Waals surface area contributed by atoms with Crippen molar-refractivity contribution in [3.8, 4) is 0 Å². The van der Waals surface area contributed by atoms with Crippen molar-refractivity contribution >= 4 is 6.47 Å². The number of carbonyl (C=O) groups excluding carboxylic acids is 1. The molecule has 0 aromatic heterocycles. The lowest BCUT2D eigenvalue weighted by molar-refractivity contribution is -0.129. The Kier molecular flexibility index (Phi) is 4.32. The van der Waals surface area contributed by atoms with Gasteiger partial charge in [0.25, 0.3) is 6.47 Å². The highest BCUT2D eigenvalue weighted by Crippen LogP contribution is 1.97. The predicted molar refractivity (Wildman–Crippen MR) is 31.2 cm³/mol. The average Bonchev–Trinajstić information content (AvgIpc) is 1.83. The normalized spacial score (nSPS) is 12.8. The average molecular weight is 115 g/mol. The lowest BCUT2D eigenvalue weighted by Crippen LogP contribution is -2.02. The van der Waals surface area contributed by atoms with E-state index in [9.17, 15) is 4.79 Å². The Morgan fingerprint density at radius 2 is 2.50 bits per heavy atom. The van der Waals surface area contributed by atoms with Crippen LogP contribution in [0.1, 0.15) is 13.3 Å². The Labute approximate surface area is 49.8 Å². The molecule has 0 saturated carbocycles. The molecule has 0 aromatic carbocycles. The van der Waals surface area contributed by atoms with Crippen molar-refractivity contribution in [3.05, 3.63) is 6.92 Å². The van der Waals surface area contributed by atoms with Gasteiger partial charge in [0.15, 0.2) is 0 Å². The Morgan fingerprint density at radius 3 is 2.88 bits per heavy atom. The van der Waals surface area contributed by atoms with Crippen LogP contribution in [0.4, 0.5) is 0 Å². The molecule has 1 atom stereocenters. The zero-order valence-electron chi connectivity index (χ0n) is 5.09. The molecule has 2 heteroatoms. The fraction of sp³-hybridized carbons (Fsp3) is 0.667. The summed E-state index contributed by atoms with van der Waals surface area (Å²) in [4.78, 5) is 9.58. The first kappa shape index (κ1) is 7.47. The van der Waals surface area contributed by atoms with E-state index in [2.05, 4.69) is 11.7 Å². The highest BCUT2D eigenvalue weighted by molar-refractivity contribution is 5.36. The summed E-state index contributed by atoms with van der Waals surface area (Å²) in [5.74, 6) is 0.250. The fourth-order valence-electron chi connectivity index (χ4n) is 0.293. The second kappa shape index (κ2) is 4.62. The zero-order chi connectivity index (χ0) is 6.41. The molecule has 0 amide bonds. The predicted octanol–water partition coefficient (Wildman–Crippen LogP) is 1.02. The second-order valence-electron chi connectivity index (χ2n) is 1.70. The van der Waals surface area contributed by atoms with Crippen molar-refractivity contribution in [3.63, 3.8) is 0 Å². The van der Waals surface area contributed by atoms with Crippen LogP contribution in [-0.4, -0.2) is 13.1 Å². The van der Waals surface area contributed by atoms with Crippen LogP contribution in [-0.2, 0) is 9.53 Å². The largest absolute Gasteiger partial charge is 0.468 e. The van der Waals surface area contributed by atoms with E-state index in [-0.39, 0.29) is 5.92 Å². The molecule has 0 heterocycles. The number of hydrogen-bond acceptors (Lipinski definition) is 2. The highest BCUT2D eigenvalue weighted by Gasteiger charge is 1.95. The quantitative estimate of drug-likeness (QED) is 0.511. The van der Waals surface area contributed by atoms with Crippen LogP contribution in [0.15, 0.2) is 0 Å². The van der Waals surface area contributed by atoms with Gasteiger partial charge in [-0.1, -0.05) is 13.3 Å². The standard InChI is InChI=1S/C6H11O2/c1-3-6(2)4-8-5-7/h5-6H,2-4H2,1H3. The van der Waals surface area contributed by atoms with E-state index >= 15 is 0 Å². The summed E-state index contributed by atoms with van der Waals surface area (Å²) in [6.07, 6.45) is 0.952. The zero-order valence-corrected chi connectivity index (χ0v) is 5.09. The van der Waals surface area contributed by atoms with Crippen molar-refractivity contribution in [1.29, 1.82) is 0 Å². The Balaban J connectivity index is 2.97. The van der Waals surface area contributed by atoms with Crippen LogP contribution >= 0.6 is 0 Å². The van der Waals surface area contributed by atoms with E-state index in [1.807, 2.05) is 6.92 Å². The summed E-state index contributed by atoms with van der Waals surface area (Å²) in [7, 11) is 0. The van der Waals surface area contributed by atoms with E-state index in [4.69, 9.17) is 0 Å². The smallest absolute Gasteiger partial charge is 0.293 e. The number of ether oxygens (including phenoxy) is 1. The van der Waals surface area contributed by atoms with Crippen LogP contribution in [0, 0.1) is 12.8 Å². The van der Waals surface area contributed by atoms with Crippen LogP contribution in [0.25, 0.3) is 0 Å². The minimum Gasteiger partial charge on any atom is -0.468 e. The molecule has 0 bridgehead atoms. The first-order valence-corrected chi connectivity index (χ1v) is 2.69. The van der Waals surface area contributed by atoms with Gasteiger partial charge in [0.2, 0.25) is 0 Å². The van der Waals surface area contributed by atoms with Crippen LogP contribution in [0.3, 0.4) is 0 Å². The lowest BCUT2D eigenvalue weighted by atomic mass is 10.1. The molecular weight excluding hydrogens is 104 g/mol. The molecule has 0 fully saturated rings. The molecule has 0 spiro atoms. The summed E-state index contributed by atoms with van der Waals surface area (Å²) in [5.41, 5.74) is 0. The molecule has 0 N–H and O–H groups in total. The van der Waals surface area contributed by atoms with Gasteiger partial charge in [0.05, 0.1) is 6.61 Å². The Bertz CT molecular complexity index is 61.5. The third kappa shape index (κ3) is 3.65. The summed E-state index contributed by atoms with van der Waals surface area (Å²) >= 11 is 0. The summed E-state index contributed by atoms with van der Waals surface area (Å²) in [6, 6.07) is 0. The van der Waals surface area contributed by atoms with E-state index in [1.54, 1.807) is 0 Å². The lowest BCUT2D eigenvalue weighted by Gasteiger charge is -2.03. The molecular formula is C6H11O2. The van der Waals surface area contributed by atoms with Gasteiger partial charge < -0.3 is 4.74 Å². The summed E-state index contributed by atoms with van der Waals surface area (Å²) in [6.45, 7) is 6.61. The Morgan fingerprint density at radius 1 is 1.88 bits per heavy atom. The van der Waals surface area contributed by atoms with E-state index in [0.717, 1.165) is 6.42 Å². The third-order valence-corrected chi connectivity index (χ3v) is 0.977. The van der Waals surface area contributed by atoms with Gasteiger partial charge in [-0.05, 0) is 12.8 Å². The van der Waals surface area contributed by atoms with Gasteiger partial charge in [0.1, 0.15) is 0 Å². The molecule has 0 saturated heterocycles. The fourth-order valence-corrected chi connectivity index (χ4v) is 0.293. The van der Waals surface area contributed by atoms with Crippen molar-refractivity contribution in [2.45, 2.75) is 13.3 Å². The van der Waals surface area contributed by atoms with Crippen LogP contribution in [0.2, 0.25) is 0 Å². The topological polar surface area (TPSA) is 26.3 Å². The first-order valence-electron chi connectivity index (χ1n) is 2.69. The van der Waals surface area contributed by atoms with E-state index in [0.29, 0.717) is 13.1 Å². The molecule has 0 aromatic rings. The van der Waals surface area contributed by atoms with Crippen molar-refractivity contribution < 1.29 is 9.53 Å². The van der Waals surface area contributed by atoms with E-state index in [1.165, 1.54) is 0 Å². The molecule has 47 valence electrons. The maximum absolute atomic E-state index is 9.58. The van der Waals surface area contributed by atoms with Gasteiger partial charge in [-0.25, -0.2) is 0 Å². The van der Waals surface area contributed by atoms with Crippen molar-refractivity contribution in [1.82, 2.24) is 0 Å². The number of carbonyl (C=O) groups is 1. The molecule has 2 nitrogen and oxygen atoms in total. The summed E-state index contributed by atoms with van der Waals surface area (Å²) < 4.78 is 4.44. The Hall–Kier alpha value is -0.530. The van der Waals surface area contributed by atoms with Gasteiger partial charge in [-0.15, -0.1) is 0 Å². The maximum Gasteiger partial charge on any atom is 0.293 e. The second-order valence-corrected chi connectivity index (χ2v) is 1.70. The van der Waals surface area contributed by atoms with Crippen molar-refractivity contribution in [2.24, 2.45) is 5.92 Å². The third-order valence-electron chi connectivity index (χ3n) is 0.977. The molecule has 0 aliphatic carbocycles. The molecule has 0 aliphatic rings. The van der Waals surface area contributed by atoms with Gasteiger partial charge >= 0.3 is 0 Å². The van der Waals surface area contributed by atoms with E-state index < -0.39 is 0 Å². The highest BCUT2D eigenvalue weighted by atomic mass is 16.5.